The van der Waals surface area contributed by atoms with Crippen LogP contribution in [0.3, 0.4) is 0 Å². The number of anilines is 1. The minimum absolute atomic E-state index is 0.0683. The van der Waals surface area contributed by atoms with Crippen LogP contribution >= 0.6 is 28.1 Å². The van der Waals surface area contributed by atoms with E-state index in [0.717, 1.165) is 23.1 Å². The Morgan fingerprint density at radius 3 is 2.76 bits per heavy atom. The third kappa shape index (κ3) is 4.02. The molecule has 1 amide bonds. The summed E-state index contributed by atoms with van der Waals surface area (Å²) in [4.78, 5) is 14.5. The van der Waals surface area contributed by atoms with Crippen LogP contribution in [0.2, 0.25) is 0 Å². The molecule has 130 valence electrons. The van der Waals surface area contributed by atoms with E-state index in [1.54, 1.807) is 18.2 Å². The molecule has 0 unspecified atom stereocenters. The number of para-hydroxylation sites is 1. The van der Waals surface area contributed by atoms with Crippen molar-refractivity contribution < 1.29 is 9.53 Å². The van der Waals surface area contributed by atoms with Crippen LogP contribution in [0.4, 0.5) is 5.69 Å². The summed E-state index contributed by atoms with van der Waals surface area (Å²) in [6.07, 6.45) is 0.998. The van der Waals surface area contributed by atoms with E-state index in [2.05, 4.69) is 27.3 Å². The summed E-state index contributed by atoms with van der Waals surface area (Å²) in [7, 11) is 0. The molecule has 0 aromatic heterocycles. The molecule has 1 N–H and O–H groups in total. The maximum atomic E-state index is 12.5. The molecule has 0 fully saturated rings. The monoisotopic (exact) mass is 418 g/mol. The zero-order chi connectivity index (χ0) is 18.0. The van der Waals surface area contributed by atoms with E-state index in [9.17, 15) is 4.79 Å². The van der Waals surface area contributed by atoms with Gasteiger partial charge in [0.15, 0.2) is 5.11 Å². The lowest BCUT2D eigenvalue weighted by Gasteiger charge is -2.20. The van der Waals surface area contributed by atoms with Gasteiger partial charge in [0, 0.05) is 17.8 Å². The molecular formula is C19H19BrN2O2S. The van der Waals surface area contributed by atoms with Crippen molar-refractivity contribution in [2.75, 3.05) is 11.4 Å². The largest absolute Gasteiger partial charge is 0.490 e. The van der Waals surface area contributed by atoms with Crippen LogP contribution < -0.4 is 15.0 Å². The summed E-state index contributed by atoms with van der Waals surface area (Å²) in [5, 5.41) is 3.25. The fourth-order valence-corrected chi connectivity index (χ4v) is 3.53. The Balaban J connectivity index is 1.70. The Kier molecular flexibility index (Phi) is 5.39. The van der Waals surface area contributed by atoms with Crippen LogP contribution in [0, 0.1) is 0 Å². The summed E-state index contributed by atoms with van der Waals surface area (Å²) < 4.78 is 6.41. The van der Waals surface area contributed by atoms with E-state index in [4.69, 9.17) is 17.0 Å². The second-order valence-electron chi connectivity index (χ2n) is 6.10. The molecule has 1 aliphatic heterocycles. The molecule has 3 rings (SSSR count). The molecule has 4 nitrogen and oxygen atoms in total. The van der Waals surface area contributed by atoms with Crippen LogP contribution in [-0.2, 0) is 6.42 Å². The average Bonchev–Trinajstić information content (AvgIpc) is 3.00. The van der Waals surface area contributed by atoms with Crippen molar-refractivity contribution in [2.24, 2.45) is 0 Å². The molecule has 0 saturated heterocycles. The highest BCUT2D eigenvalue weighted by atomic mass is 79.9. The predicted octanol–water partition coefficient (Wildman–Crippen LogP) is 4.31. The van der Waals surface area contributed by atoms with Gasteiger partial charge in [-0.2, -0.15) is 0 Å². The van der Waals surface area contributed by atoms with Gasteiger partial charge in [0.25, 0.3) is 5.91 Å². The van der Waals surface area contributed by atoms with E-state index in [1.165, 1.54) is 5.56 Å². The van der Waals surface area contributed by atoms with Crippen molar-refractivity contribution in [1.29, 1.82) is 0 Å². The summed E-state index contributed by atoms with van der Waals surface area (Å²) in [5.74, 6) is 0.480. The number of fused-ring (bicyclic) bond motifs is 1. The third-order valence-corrected chi connectivity index (χ3v) is 4.85. The molecule has 0 radical (unpaired) electrons. The number of nitrogens with zero attached hydrogens (tertiary/aromatic N) is 1. The summed E-state index contributed by atoms with van der Waals surface area (Å²) >= 11 is 8.89. The number of hydrogen-bond donors (Lipinski definition) is 1. The van der Waals surface area contributed by atoms with Crippen molar-refractivity contribution in [3.63, 3.8) is 0 Å². The first-order valence-electron chi connectivity index (χ1n) is 8.12. The SMILES string of the molecule is CC(C)Oc1ccc(C(=O)NC(=S)N2CCc3ccccc32)cc1Br. The first kappa shape index (κ1) is 17.9. The van der Waals surface area contributed by atoms with Gasteiger partial charge in [-0.05, 0) is 78.2 Å². The molecule has 2 aromatic rings. The molecule has 0 atom stereocenters. The normalized spacial score (nSPS) is 12.9. The van der Waals surface area contributed by atoms with Gasteiger partial charge in [-0.3, -0.25) is 10.1 Å². The van der Waals surface area contributed by atoms with Gasteiger partial charge in [-0.25, -0.2) is 0 Å². The molecule has 0 saturated carbocycles. The topological polar surface area (TPSA) is 41.6 Å². The molecule has 0 spiro atoms. The molecule has 0 bridgehead atoms. The van der Waals surface area contributed by atoms with E-state index >= 15 is 0 Å². The number of carbonyl (C=O) groups excluding carboxylic acids is 1. The van der Waals surface area contributed by atoms with Crippen molar-refractivity contribution in [3.8, 4) is 5.75 Å². The van der Waals surface area contributed by atoms with Crippen molar-refractivity contribution in [1.82, 2.24) is 5.32 Å². The summed E-state index contributed by atoms with van der Waals surface area (Å²) in [5.41, 5.74) is 2.84. The molecule has 2 aromatic carbocycles. The highest BCUT2D eigenvalue weighted by molar-refractivity contribution is 9.10. The molecule has 25 heavy (non-hydrogen) atoms. The highest BCUT2D eigenvalue weighted by Crippen LogP contribution is 2.28. The van der Waals surface area contributed by atoms with E-state index in [-0.39, 0.29) is 12.0 Å². The lowest BCUT2D eigenvalue weighted by molar-refractivity contribution is 0.0977. The lowest BCUT2D eigenvalue weighted by Crippen LogP contribution is -2.41. The quantitative estimate of drug-likeness (QED) is 0.753. The van der Waals surface area contributed by atoms with Gasteiger partial charge in [-0.15, -0.1) is 0 Å². The number of thiocarbonyl (C=S) groups is 1. The fourth-order valence-electron chi connectivity index (χ4n) is 2.78. The number of rotatable bonds is 3. The first-order valence-corrected chi connectivity index (χ1v) is 9.33. The maximum absolute atomic E-state index is 12.5. The zero-order valence-corrected chi connectivity index (χ0v) is 16.5. The highest BCUT2D eigenvalue weighted by Gasteiger charge is 2.23. The number of hydrogen-bond acceptors (Lipinski definition) is 3. The van der Waals surface area contributed by atoms with E-state index < -0.39 is 0 Å². The fraction of sp³-hybridized carbons (Fsp3) is 0.263. The van der Waals surface area contributed by atoms with Crippen LogP contribution in [0.15, 0.2) is 46.9 Å². The Morgan fingerprint density at radius 1 is 1.28 bits per heavy atom. The number of amides is 1. The van der Waals surface area contributed by atoms with Crippen molar-refractivity contribution in [2.45, 2.75) is 26.4 Å². The Morgan fingerprint density at radius 2 is 2.04 bits per heavy atom. The lowest BCUT2D eigenvalue weighted by atomic mass is 10.2. The number of ether oxygens (including phenoxy) is 1. The minimum atomic E-state index is -0.230. The van der Waals surface area contributed by atoms with Gasteiger partial charge in [0.05, 0.1) is 10.6 Å². The van der Waals surface area contributed by atoms with E-state index in [0.29, 0.717) is 16.4 Å². The molecule has 1 aliphatic rings. The zero-order valence-electron chi connectivity index (χ0n) is 14.1. The van der Waals surface area contributed by atoms with Crippen molar-refractivity contribution >= 4 is 44.9 Å². The van der Waals surface area contributed by atoms with Crippen LogP contribution in [-0.4, -0.2) is 23.7 Å². The summed E-state index contributed by atoms with van der Waals surface area (Å²) in [6, 6.07) is 13.4. The van der Waals surface area contributed by atoms with Gasteiger partial charge in [0.1, 0.15) is 5.75 Å². The van der Waals surface area contributed by atoms with Gasteiger partial charge in [-0.1, -0.05) is 18.2 Å². The number of nitrogens with one attached hydrogen (secondary N) is 1. The van der Waals surface area contributed by atoms with Gasteiger partial charge in [0.2, 0.25) is 0 Å². The Hall–Kier alpha value is -1.92. The molecule has 6 heteroatoms. The smallest absolute Gasteiger partial charge is 0.257 e. The van der Waals surface area contributed by atoms with Crippen LogP contribution in [0.25, 0.3) is 0 Å². The van der Waals surface area contributed by atoms with Gasteiger partial charge >= 0.3 is 0 Å². The number of halogens is 1. The van der Waals surface area contributed by atoms with Crippen molar-refractivity contribution in [3.05, 3.63) is 58.1 Å². The van der Waals surface area contributed by atoms with E-state index in [1.807, 2.05) is 36.9 Å². The second kappa shape index (κ2) is 7.54. The maximum Gasteiger partial charge on any atom is 0.257 e. The predicted molar refractivity (Wildman–Crippen MR) is 107 cm³/mol. The standard InChI is InChI=1S/C19H19BrN2O2S/c1-12(2)24-17-8-7-14(11-15(17)20)18(23)21-19(25)22-10-9-13-5-3-4-6-16(13)22/h3-8,11-12H,9-10H2,1-2H3,(H,21,23,25). The summed E-state index contributed by atoms with van der Waals surface area (Å²) in [6.45, 7) is 4.70. The Labute approximate surface area is 161 Å². The average molecular weight is 419 g/mol. The Bertz CT molecular complexity index is 823. The minimum Gasteiger partial charge on any atom is -0.490 e. The third-order valence-electron chi connectivity index (χ3n) is 3.91. The second-order valence-corrected chi connectivity index (χ2v) is 7.34. The molecule has 0 aliphatic carbocycles. The van der Waals surface area contributed by atoms with Gasteiger partial charge < -0.3 is 9.64 Å². The number of benzene rings is 2. The molecular weight excluding hydrogens is 400 g/mol. The molecule has 1 heterocycles. The van der Waals surface area contributed by atoms with Crippen LogP contribution in [0.1, 0.15) is 29.8 Å². The first-order chi connectivity index (χ1) is 12.0. The number of carbonyl (C=O) groups is 1. The van der Waals surface area contributed by atoms with Crippen LogP contribution in [0.5, 0.6) is 5.75 Å².